The standard InChI is InChI=1S/C30H41ClN4O5/c1-19(36)27-29(38)34-24(18-20-9-13-23(31)14-10-20)28(37)33-15-5-7-21-6-3-4-8-25(21)40-17-16-32-26(22-11-12-22)30(39)35(27)2/h3-4,6,8-10,13-14,19,22,24,26-27,30,32,36,39H,5,7,11-12,15-18H2,1-2H3,(H,33,37)(H,34,38)/t19?,24-,26+,27+,30?/m1/s1. The van der Waals surface area contributed by atoms with Crippen LogP contribution in [0.2, 0.25) is 5.02 Å². The van der Waals surface area contributed by atoms with Crippen molar-refractivity contribution in [2.75, 3.05) is 26.7 Å². The van der Waals surface area contributed by atoms with Crippen LogP contribution in [0.5, 0.6) is 5.75 Å². The van der Waals surface area contributed by atoms with Crippen LogP contribution < -0.4 is 20.7 Å². The fourth-order valence-electron chi connectivity index (χ4n) is 5.31. The molecule has 0 spiro atoms. The zero-order valence-electron chi connectivity index (χ0n) is 23.2. The summed E-state index contributed by atoms with van der Waals surface area (Å²) >= 11 is 6.04. The van der Waals surface area contributed by atoms with Crippen molar-refractivity contribution >= 4 is 23.4 Å². The summed E-state index contributed by atoms with van der Waals surface area (Å²) in [5.41, 5.74) is 1.89. The molecule has 2 aromatic carbocycles. The number of hydrogen-bond acceptors (Lipinski definition) is 7. The lowest BCUT2D eigenvalue weighted by atomic mass is 10.0. The quantitative estimate of drug-likeness (QED) is 0.379. The molecule has 218 valence electrons. The van der Waals surface area contributed by atoms with Gasteiger partial charge < -0.3 is 30.9 Å². The maximum atomic E-state index is 13.6. The third kappa shape index (κ3) is 8.17. The van der Waals surface area contributed by atoms with Crippen LogP contribution in [0.15, 0.2) is 48.5 Å². The van der Waals surface area contributed by atoms with Crippen molar-refractivity contribution < 1.29 is 24.5 Å². The lowest BCUT2D eigenvalue weighted by molar-refractivity contribution is -0.140. The Bertz CT molecular complexity index is 1130. The molecule has 0 aromatic heterocycles. The maximum Gasteiger partial charge on any atom is 0.242 e. The first-order valence-electron chi connectivity index (χ1n) is 14.1. The second kappa shape index (κ2) is 14.3. The average molecular weight is 573 g/mol. The van der Waals surface area contributed by atoms with Gasteiger partial charge in [-0.15, -0.1) is 0 Å². The van der Waals surface area contributed by atoms with Gasteiger partial charge in [-0.3, -0.25) is 14.5 Å². The molecule has 1 aliphatic heterocycles. The average Bonchev–Trinajstić information content (AvgIpc) is 3.77. The van der Waals surface area contributed by atoms with Crippen molar-refractivity contribution in [2.24, 2.45) is 5.92 Å². The minimum atomic E-state index is -1.09. The monoisotopic (exact) mass is 572 g/mol. The van der Waals surface area contributed by atoms with Crippen molar-refractivity contribution in [3.63, 3.8) is 0 Å². The number of fused-ring (bicyclic) bond motifs is 1. The van der Waals surface area contributed by atoms with Gasteiger partial charge in [0.25, 0.3) is 0 Å². The van der Waals surface area contributed by atoms with E-state index in [9.17, 15) is 19.8 Å². The number of hydrogen-bond donors (Lipinski definition) is 5. The predicted molar refractivity (Wildman–Crippen MR) is 154 cm³/mol. The van der Waals surface area contributed by atoms with E-state index in [1.54, 1.807) is 19.2 Å². The van der Waals surface area contributed by atoms with Crippen LogP contribution in [0.1, 0.15) is 37.3 Å². The summed E-state index contributed by atoms with van der Waals surface area (Å²) in [5, 5.41) is 31.8. The summed E-state index contributed by atoms with van der Waals surface area (Å²) in [6, 6.07) is 12.7. The summed E-state index contributed by atoms with van der Waals surface area (Å²) in [6.07, 6.45) is 1.48. The molecular weight excluding hydrogens is 532 g/mol. The van der Waals surface area contributed by atoms with Gasteiger partial charge in [-0.1, -0.05) is 41.9 Å². The summed E-state index contributed by atoms with van der Waals surface area (Å²) in [7, 11) is 1.62. The number of carbonyl (C=O) groups is 2. The first-order chi connectivity index (χ1) is 19.2. The topological polar surface area (TPSA) is 123 Å². The molecule has 0 saturated heterocycles. The number of nitrogens with one attached hydrogen (secondary N) is 3. The smallest absolute Gasteiger partial charge is 0.242 e. The number of para-hydroxylation sites is 1. The van der Waals surface area contributed by atoms with Crippen LogP contribution >= 0.6 is 11.6 Å². The molecular formula is C30H41ClN4O5. The number of nitrogens with zero attached hydrogens (tertiary/aromatic N) is 1. The van der Waals surface area contributed by atoms with Gasteiger partial charge in [0.2, 0.25) is 11.8 Å². The van der Waals surface area contributed by atoms with Crippen molar-refractivity contribution in [2.45, 2.75) is 69.5 Å². The number of amides is 2. The van der Waals surface area contributed by atoms with E-state index in [0.29, 0.717) is 31.1 Å². The van der Waals surface area contributed by atoms with E-state index in [0.717, 1.165) is 36.1 Å². The number of halogens is 1. The predicted octanol–water partition coefficient (Wildman–Crippen LogP) is 1.88. The number of rotatable bonds is 4. The number of carbonyl (C=O) groups excluding carboxylic acids is 2. The van der Waals surface area contributed by atoms with E-state index < -0.39 is 30.3 Å². The molecule has 10 heteroatoms. The highest BCUT2D eigenvalue weighted by Crippen LogP contribution is 2.35. The molecule has 40 heavy (non-hydrogen) atoms. The lowest BCUT2D eigenvalue weighted by Crippen LogP contribution is -2.62. The molecule has 1 heterocycles. The third-order valence-corrected chi connectivity index (χ3v) is 7.91. The Kier molecular flexibility index (Phi) is 10.8. The van der Waals surface area contributed by atoms with Crippen molar-refractivity contribution in [1.82, 2.24) is 20.9 Å². The largest absolute Gasteiger partial charge is 0.492 e. The zero-order chi connectivity index (χ0) is 28.6. The number of aryl methyl sites for hydroxylation is 1. The Morgan fingerprint density at radius 2 is 1.80 bits per heavy atom. The molecule has 4 rings (SSSR count). The second-order valence-corrected chi connectivity index (χ2v) is 11.3. The number of aliphatic hydroxyl groups is 2. The van der Waals surface area contributed by atoms with Gasteiger partial charge in [-0.2, -0.15) is 0 Å². The van der Waals surface area contributed by atoms with Crippen LogP contribution in [0, 0.1) is 5.92 Å². The van der Waals surface area contributed by atoms with Crippen molar-refractivity contribution in [3.05, 3.63) is 64.7 Å². The second-order valence-electron chi connectivity index (χ2n) is 10.8. The van der Waals surface area contributed by atoms with E-state index in [2.05, 4.69) is 16.0 Å². The van der Waals surface area contributed by atoms with Gasteiger partial charge in [0.1, 0.15) is 30.7 Å². The van der Waals surface area contributed by atoms with Gasteiger partial charge in [-0.25, -0.2) is 0 Å². The van der Waals surface area contributed by atoms with E-state index in [-0.39, 0.29) is 24.3 Å². The van der Waals surface area contributed by atoms with Crippen LogP contribution in [0.3, 0.4) is 0 Å². The van der Waals surface area contributed by atoms with Crippen LogP contribution in [0.25, 0.3) is 0 Å². The number of benzene rings is 2. The van der Waals surface area contributed by atoms with E-state index in [1.165, 1.54) is 11.8 Å². The fraction of sp³-hybridized carbons (Fsp3) is 0.533. The van der Waals surface area contributed by atoms with Crippen LogP contribution in [-0.4, -0.2) is 84.1 Å². The molecule has 2 aliphatic rings. The Hall–Kier alpha value is -2.69. The van der Waals surface area contributed by atoms with E-state index in [4.69, 9.17) is 16.3 Å². The van der Waals surface area contributed by atoms with E-state index >= 15 is 0 Å². The van der Waals surface area contributed by atoms with Crippen LogP contribution in [-0.2, 0) is 22.4 Å². The Balaban J connectivity index is 1.59. The van der Waals surface area contributed by atoms with Gasteiger partial charge in [0.05, 0.1) is 6.10 Å². The SMILES string of the molecule is CC(O)[C@H]1C(=O)N[C@H](Cc2ccc(Cl)cc2)C(=O)NCCCc2ccccc2OCCN[C@@H](C2CC2)C(O)N1C. The summed E-state index contributed by atoms with van der Waals surface area (Å²) < 4.78 is 6.07. The fourth-order valence-corrected chi connectivity index (χ4v) is 5.43. The highest BCUT2D eigenvalue weighted by atomic mass is 35.5. The molecule has 1 saturated carbocycles. The number of likely N-dealkylation sites (N-methyl/N-ethyl adjacent to an activating group) is 1. The van der Waals surface area contributed by atoms with Gasteiger partial charge in [0.15, 0.2) is 0 Å². The van der Waals surface area contributed by atoms with Gasteiger partial charge in [-0.05, 0) is 74.9 Å². The minimum Gasteiger partial charge on any atom is -0.492 e. The molecule has 2 unspecified atom stereocenters. The molecule has 9 nitrogen and oxygen atoms in total. The molecule has 1 aliphatic carbocycles. The van der Waals surface area contributed by atoms with Gasteiger partial charge in [0, 0.05) is 30.6 Å². The highest BCUT2D eigenvalue weighted by Gasteiger charge is 2.42. The van der Waals surface area contributed by atoms with Gasteiger partial charge >= 0.3 is 0 Å². The molecule has 5 atom stereocenters. The van der Waals surface area contributed by atoms with Crippen LogP contribution in [0.4, 0.5) is 0 Å². The third-order valence-electron chi connectivity index (χ3n) is 7.65. The molecule has 5 N–H and O–H groups in total. The number of aliphatic hydroxyl groups excluding tert-OH is 2. The Morgan fingerprint density at radius 3 is 2.50 bits per heavy atom. The first kappa shape index (κ1) is 30.3. The maximum absolute atomic E-state index is 13.6. The Morgan fingerprint density at radius 1 is 1.07 bits per heavy atom. The molecule has 0 radical (unpaired) electrons. The summed E-state index contributed by atoms with van der Waals surface area (Å²) in [5.74, 6) is 0.216. The molecule has 2 amide bonds. The first-order valence-corrected chi connectivity index (χ1v) is 14.5. The van der Waals surface area contributed by atoms with Crippen molar-refractivity contribution in [1.29, 1.82) is 0 Å². The molecule has 2 aromatic rings. The van der Waals surface area contributed by atoms with E-state index in [1.807, 2.05) is 36.4 Å². The molecule has 0 bridgehead atoms. The number of ether oxygens (including phenoxy) is 1. The highest BCUT2D eigenvalue weighted by molar-refractivity contribution is 6.30. The summed E-state index contributed by atoms with van der Waals surface area (Å²) in [4.78, 5) is 28.4. The molecule has 1 fully saturated rings. The Labute approximate surface area is 241 Å². The van der Waals surface area contributed by atoms with Crippen molar-refractivity contribution in [3.8, 4) is 5.75 Å². The zero-order valence-corrected chi connectivity index (χ0v) is 23.9. The normalized spacial score (nSPS) is 26.8. The summed E-state index contributed by atoms with van der Waals surface area (Å²) in [6.45, 7) is 2.87. The minimum absolute atomic E-state index is 0.246. The lowest BCUT2D eigenvalue weighted by Gasteiger charge is -2.37.